The molecule has 1 aliphatic rings. The molecule has 24 heavy (non-hydrogen) atoms. The van der Waals surface area contributed by atoms with Crippen LogP contribution in [-0.4, -0.2) is 32.7 Å². The fourth-order valence-electron chi connectivity index (χ4n) is 2.03. The van der Waals surface area contributed by atoms with Crippen molar-refractivity contribution in [3.05, 3.63) is 51.6 Å². The van der Waals surface area contributed by atoms with Gasteiger partial charge in [0, 0.05) is 10.6 Å². The number of amides is 2. The Balaban J connectivity index is 1.66. The molecule has 0 atom stereocenters. The average Bonchev–Trinajstić information content (AvgIpc) is 3.14. The predicted octanol–water partition coefficient (Wildman–Crippen LogP) is 3.29. The van der Waals surface area contributed by atoms with Crippen molar-refractivity contribution in [2.75, 3.05) is 11.9 Å². The number of benzene rings is 1. The summed E-state index contributed by atoms with van der Waals surface area (Å²) in [6, 6.07) is 9.91. The van der Waals surface area contributed by atoms with Crippen molar-refractivity contribution < 1.29 is 14.7 Å². The van der Waals surface area contributed by atoms with Crippen molar-refractivity contribution in [2.24, 2.45) is 0 Å². The summed E-state index contributed by atoms with van der Waals surface area (Å²) in [6.45, 7) is -0.146. The van der Waals surface area contributed by atoms with E-state index in [1.807, 2.05) is 17.5 Å². The zero-order valence-corrected chi connectivity index (χ0v) is 14.7. The second-order valence-corrected chi connectivity index (χ2v) is 7.53. The van der Waals surface area contributed by atoms with Gasteiger partial charge in [0.2, 0.25) is 5.91 Å². The quantitative estimate of drug-likeness (QED) is 0.487. The number of anilines is 1. The number of thiocarbonyl (C=S) groups is 1. The van der Waals surface area contributed by atoms with Gasteiger partial charge in [-0.15, -0.1) is 11.3 Å². The molecule has 8 heteroatoms. The SMILES string of the molecule is O=C(CN1C(=O)/C(=C/c2cccs2)SC1=S)Nc1ccc(O)cc1. The monoisotopic (exact) mass is 376 g/mol. The van der Waals surface area contributed by atoms with Gasteiger partial charge in [0.05, 0.1) is 4.91 Å². The Labute approximate surface area is 152 Å². The summed E-state index contributed by atoms with van der Waals surface area (Å²) in [6.07, 6.45) is 1.78. The molecule has 1 fully saturated rings. The molecule has 2 amide bonds. The van der Waals surface area contributed by atoms with Gasteiger partial charge in [-0.25, -0.2) is 0 Å². The van der Waals surface area contributed by atoms with Gasteiger partial charge >= 0.3 is 0 Å². The molecule has 3 rings (SSSR count). The van der Waals surface area contributed by atoms with Crippen LogP contribution in [0.25, 0.3) is 6.08 Å². The maximum absolute atomic E-state index is 12.4. The van der Waals surface area contributed by atoms with Crippen molar-refractivity contribution in [1.82, 2.24) is 4.90 Å². The maximum atomic E-state index is 12.4. The first-order chi connectivity index (χ1) is 11.5. The Morgan fingerprint density at radius 3 is 2.71 bits per heavy atom. The van der Waals surface area contributed by atoms with Crippen molar-refractivity contribution in [2.45, 2.75) is 0 Å². The minimum Gasteiger partial charge on any atom is -0.508 e. The number of hydrogen-bond donors (Lipinski definition) is 2. The molecule has 0 saturated carbocycles. The first-order valence-electron chi connectivity index (χ1n) is 6.91. The lowest BCUT2D eigenvalue weighted by atomic mass is 10.3. The van der Waals surface area contributed by atoms with E-state index in [1.54, 1.807) is 18.2 Å². The lowest BCUT2D eigenvalue weighted by Crippen LogP contribution is -2.36. The van der Waals surface area contributed by atoms with E-state index in [9.17, 15) is 14.7 Å². The molecule has 0 aliphatic carbocycles. The molecule has 1 saturated heterocycles. The number of phenols is 1. The first kappa shape index (κ1) is 16.7. The van der Waals surface area contributed by atoms with Crippen molar-refractivity contribution in [1.29, 1.82) is 0 Å². The summed E-state index contributed by atoms with van der Waals surface area (Å²) in [7, 11) is 0. The topological polar surface area (TPSA) is 69.6 Å². The van der Waals surface area contributed by atoms with Gasteiger partial charge in [0.25, 0.3) is 5.91 Å². The third-order valence-corrected chi connectivity index (χ3v) is 5.34. The van der Waals surface area contributed by atoms with Crippen LogP contribution < -0.4 is 5.32 Å². The lowest BCUT2D eigenvalue weighted by Gasteiger charge is -2.14. The Morgan fingerprint density at radius 1 is 1.29 bits per heavy atom. The van der Waals surface area contributed by atoms with Crippen LogP contribution in [0.2, 0.25) is 0 Å². The molecular weight excluding hydrogens is 364 g/mol. The third-order valence-electron chi connectivity index (χ3n) is 3.14. The number of thioether (sulfide) groups is 1. The number of nitrogens with one attached hydrogen (secondary N) is 1. The number of carbonyl (C=O) groups is 2. The Morgan fingerprint density at radius 2 is 2.04 bits per heavy atom. The number of thiophene rings is 1. The molecule has 0 spiro atoms. The fourth-order valence-corrected chi connectivity index (χ4v) is 4.01. The van der Waals surface area contributed by atoms with Gasteiger partial charge in [0.15, 0.2) is 0 Å². The van der Waals surface area contributed by atoms with Gasteiger partial charge in [-0.1, -0.05) is 30.0 Å². The summed E-state index contributed by atoms with van der Waals surface area (Å²) < 4.78 is 0.365. The molecule has 5 nitrogen and oxygen atoms in total. The Kier molecular flexibility index (Phi) is 4.98. The molecule has 0 bridgehead atoms. The zero-order chi connectivity index (χ0) is 17.1. The highest BCUT2D eigenvalue weighted by molar-refractivity contribution is 8.26. The molecule has 1 aromatic heterocycles. The summed E-state index contributed by atoms with van der Waals surface area (Å²) >= 11 is 7.93. The van der Waals surface area contributed by atoms with Gasteiger partial charge in [-0.3, -0.25) is 14.5 Å². The van der Waals surface area contributed by atoms with Crippen molar-refractivity contribution in [3.63, 3.8) is 0 Å². The van der Waals surface area contributed by atoms with E-state index in [0.29, 0.717) is 14.9 Å². The molecule has 1 aromatic carbocycles. The molecular formula is C16H12N2O3S3. The summed E-state index contributed by atoms with van der Waals surface area (Å²) in [5.74, 6) is -0.503. The second-order valence-electron chi connectivity index (χ2n) is 4.88. The van der Waals surface area contributed by atoms with E-state index in [0.717, 1.165) is 4.88 Å². The summed E-state index contributed by atoms with van der Waals surface area (Å²) in [5.41, 5.74) is 0.539. The normalized spacial score (nSPS) is 16.0. The minimum absolute atomic E-state index is 0.114. The Hall–Kier alpha value is -2.16. The van der Waals surface area contributed by atoms with Gasteiger partial charge in [-0.05, 0) is 41.8 Å². The average molecular weight is 376 g/mol. The van der Waals surface area contributed by atoms with E-state index in [1.165, 1.54) is 40.1 Å². The van der Waals surface area contributed by atoms with E-state index in [4.69, 9.17) is 12.2 Å². The zero-order valence-electron chi connectivity index (χ0n) is 12.3. The van der Waals surface area contributed by atoms with Crippen LogP contribution in [0, 0.1) is 0 Å². The van der Waals surface area contributed by atoms with E-state index >= 15 is 0 Å². The number of phenolic OH excluding ortho intramolecular Hbond substituents is 1. The van der Waals surface area contributed by atoms with E-state index in [2.05, 4.69) is 5.32 Å². The summed E-state index contributed by atoms with van der Waals surface area (Å²) in [5, 5.41) is 13.8. The first-order valence-corrected chi connectivity index (χ1v) is 9.01. The molecule has 0 radical (unpaired) electrons. The van der Waals surface area contributed by atoms with Crippen LogP contribution in [0.3, 0.4) is 0 Å². The summed E-state index contributed by atoms with van der Waals surface area (Å²) in [4.78, 5) is 27.3. The fraction of sp³-hybridized carbons (Fsp3) is 0.0625. The van der Waals surface area contributed by atoms with Crippen LogP contribution >= 0.6 is 35.3 Å². The molecule has 2 aromatic rings. The van der Waals surface area contributed by atoms with Crippen LogP contribution in [-0.2, 0) is 9.59 Å². The van der Waals surface area contributed by atoms with Gasteiger partial charge < -0.3 is 10.4 Å². The van der Waals surface area contributed by atoms with Crippen LogP contribution in [0.1, 0.15) is 4.88 Å². The minimum atomic E-state index is -0.352. The number of carbonyl (C=O) groups excluding carboxylic acids is 2. The highest BCUT2D eigenvalue weighted by Crippen LogP contribution is 2.33. The van der Waals surface area contributed by atoms with Gasteiger partial charge in [-0.2, -0.15) is 0 Å². The predicted molar refractivity (Wildman–Crippen MR) is 101 cm³/mol. The largest absolute Gasteiger partial charge is 0.508 e. The second kappa shape index (κ2) is 7.16. The van der Waals surface area contributed by atoms with E-state index in [-0.39, 0.29) is 24.1 Å². The van der Waals surface area contributed by atoms with Crippen LogP contribution in [0.4, 0.5) is 5.69 Å². The number of rotatable bonds is 4. The maximum Gasteiger partial charge on any atom is 0.266 e. The molecule has 122 valence electrons. The van der Waals surface area contributed by atoms with Crippen molar-refractivity contribution >= 4 is 63.2 Å². The van der Waals surface area contributed by atoms with Crippen molar-refractivity contribution in [3.8, 4) is 5.75 Å². The van der Waals surface area contributed by atoms with Crippen LogP contribution in [0.5, 0.6) is 5.75 Å². The van der Waals surface area contributed by atoms with E-state index < -0.39 is 0 Å². The molecule has 2 N–H and O–H groups in total. The highest BCUT2D eigenvalue weighted by Gasteiger charge is 2.33. The highest BCUT2D eigenvalue weighted by atomic mass is 32.2. The Bertz CT molecular complexity index is 814. The van der Waals surface area contributed by atoms with Gasteiger partial charge in [0.1, 0.15) is 16.6 Å². The number of aromatic hydroxyl groups is 1. The standard InChI is InChI=1S/C16H12N2O3S3/c19-11-5-3-10(4-6-11)17-14(20)9-18-15(21)13(24-16(18)22)8-12-2-1-7-23-12/h1-8,19H,9H2,(H,17,20)/b13-8-. The lowest BCUT2D eigenvalue weighted by molar-refractivity contribution is -0.126. The number of hydrogen-bond acceptors (Lipinski definition) is 6. The molecule has 0 unspecified atom stereocenters. The smallest absolute Gasteiger partial charge is 0.266 e. The molecule has 1 aliphatic heterocycles. The third kappa shape index (κ3) is 3.84. The molecule has 2 heterocycles. The van der Waals surface area contributed by atoms with Crippen LogP contribution in [0.15, 0.2) is 46.7 Å². The number of nitrogens with zero attached hydrogens (tertiary/aromatic N) is 1.